The second-order valence-electron chi connectivity index (χ2n) is 6.35. The highest BCUT2D eigenvalue weighted by atomic mass is 19.1. The number of benzene rings is 1. The van der Waals surface area contributed by atoms with Gasteiger partial charge < -0.3 is 16.2 Å². The summed E-state index contributed by atoms with van der Waals surface area (Å²) >= 11 is 0. The molecule has 2 aromatic heterocycles. The van der Waals surface area contributed by atoms with Crippen LogP contribution in [0.1, 0.15) is 21.5 Å². The summed E-state index contributed by atoms with van der Waals surface area (Å²) in [5, 5.41) is 12.1. The van der Waals surface area contributed by atoms with Crippen molar-refractivity contribution in [3.63, 3.8) is 0 Å². The number of nitrogens with one attached hydrogen (secondary N) is 1. The minimum Gasteiger partial charge on any atom is -0.477 e. The van der Waals surface area contributed by atoms with E-state index in [1.807, 2.05) is 0 Å². The van der Waals surface area contributed by atoms with Crippen molar-refractivity contribution in [2.24, 2.45) is 0 Å². The lowest BCUT2D eigenvalue weighted by molar-refractivity contribution is 0.0695. The van der Waals surface area contributed by atoms with Gasteiger partial charge in [0.15, 0.2) is 23.3 Å². The van der Waals surface area contributed by atoms with Gasteiger partial charge >= 0.3 is 5.97 Å². The van der Waals surface area contributed by atoms with Crippen molar-refractivity contribution < 1.29 is 23.1 Å². The maximum Gasteiger partial charge on any atom is 0.341 e. The van der Waals surface area contributed by atoms with E-state index < -0.39 is 46.0 Å². The molecule has 3 aromatic rings. The highest BCUT2D eigenvalue weighted by molar-refractivity contribution is 5.94. The van der Waals surface area contributed by atoms with Crippen molar-refractivity contribution in [2.75, 3.05) is 12.3 Å². The summed E-state index contributed by atoms with van der Waals surface area (Å²) in [5.74, 6) is -5.53. The van der Waals surface area contributed by atoms with E-state index in [1.165, 1.54) is 0 Å². The largest absolute Gasteiger partial charge is 0.477 e. The molecule has 10 heteroatoms. The SMILES string of the molecule is Nc1nc(-n2cc(C(=O)O)c(=O)c3cc(F)c4c(c32)CCNC4)c(F)cc1F. The molecular formula is C18H13F3N4O3. The highest BCUT2D eigenvalue weighted by Gasteiger charge is 2.25. The van der Waals surface area contributed by atoms with E-state index in [-0.39, 0.29) is 23.0 Å². The van der Waals surface area contributed by atoms with Crippen LogP contribution >= 0.6 is 0 Å². The van der Waals surface area contributed by atoms with E-state index in [0.717, 1.165) is 16.8 Å². The number of hydrogen-bond acceptors (Lipinski definition) is 5. The number of halogens is 3. The molecule has 0 bridgehead atoms. The number of rotatable bonds is 2. The highest BCUT2D eigenvalue weighted by Crippen LogP contribution is 2.29. The van der Waals surface area contributed by atoms with Crippen molar-refractivity contribution in [2.45, 2.75) is 13.0 Å². The van der Waals surface area contributed by atoms with E-state index >= 15 is 0 Å². The molecule has 0 saturated heterocycles. The number of aromatic carboxylic acids is 1. The number of aromatic nitrogens is 2. The molecule has 0 fully saturated rings. The topological polar surface area (TPSA) is 110 Å². The van der Waals surface area contributed by atoms with E-state index in [2.05, 4.69) is 10.3 Å². The number of nitrogens with zero attached hydrogens (tertiary/aromatic N) is 2. The maximum atomic E-state index is 14.5. The Morgan fingerprint density at radius 2 is 1.93 bits per heavy atom. The molecule has 1 aliphatic rings. The first-order chi connectivity index (χ1) is 13.3. The van der Waals surface area contributed by atoms with Crippen LogP contribution < -0.4 is 16.5 Å². The fourth-order valence-corrected chi connectivity index (χ4v) is 3.42. The van der Waals surface area contributed by atoms with Gasteiger partial charge in [-0.2, -0.15) is 0 Å². The Bertz CT molecular complexity index is 1220. The van der Waals surface area contributed by atoms with E-state index in [1.54, 1.807) is 0 Å². The summed E-state index contributed by atoms with van der Waals surface area (Å²) in [6, 6.07) is 1.44. The molecule has 0 amide bonds. The van der Waals surface area contributed by atoms with E-state index in [0.29, 0.717) is 24.6 Å². The molecule has 4 N–H and O–H groups in total. The first-order valence-electron chi connectivity index (χ1n) is 8.25. The van der Waals surface area contributed by atoms with Gasteiger partial charge in [-0.1, -0.05) is 0 Å². The molecule has 7 nitrogen and oxygen atoms in total. The minimum absolute atomic E-state index is 0.116. The average Bonchev–Trinajstić information content (AvgIpc) is 2.66. The summed E-state index contributed by atoms with van der Waals surface area (Å²) in [5.41, 5.74) is 4.66. The molecule has 28 heavy (non-hydrogen) atoms. The number of pyridine rings is 2. The summed E-state index contributed by atoms with van der Waals surface area (Å²) in [4.78, 5) is 27.8. The van der Waals surface area contributed by atoms with Gasteiger partial charge in [0.05, 0.1) is 10.9 Å². The van der Waals surface area contributed by atoms with Crippen molar-refractivity contribution >= 4 is 22.7 Å². The van der Waals surface area contributed by atoms with Crippen molar-refractivity contribution in [1.29, 1.82) is 0 Å². The van der Waals surface area contributed by atoms with Gasteiger partial charge in [0, 0.05) is 24.4 Å². The number of carboxylic acid groups (broad SMARTS) is 1. The van der Waals surface area contributed by atoms with Gasteiger partial charge in [0.25, 0.3) is 0 Å². The summed E-state index contributed by atoms with van der Waals surface area (Å²) < 4.78 is 43.6. The summed E-state index contributed by atoms with van der Waals surface area (Å²) in [6.45, 7) is 0.662. The molecule has 0 aliphatic carbocycles. The molecule has 1 aromatic carbocycles. The Balaban J connectivity index is 2.22. The number of nitrogens with two attached hydrogens (primary N) is 1. The third-order valence-corrected chi connectivity index (χ3v) is 4.70. The lowest BCUT2D eigenvalue weighted by Crippen LogP contribution is -2.28. The Morgan fingerprint density at radius 3 is 2.64 bits per heavy atom. The standard InChI is InChI=1S/C18H13F3N4O3/c19-11-3-8-14(7-1-2-23-5-9(7)11)25(6-10(15(8)26)18(27)28)17-13(21)4-12(20)16(22)24-17/h3-4,6,23H,1-2,5H2,(H2,22,24)(H,27,28). The predicted molar refractivity (Wildman–Crippen MR) is 94.0 cm³/mol. The predicted octanol–water partition coefficient (Wildman–Crippen LogP) is 1.73. The Morgan fingerprint density at radius 1 is 1.18 bits per heavy atom. The number of anilines is 1. The van der Waals surface area contributed by atoms with Crippen LogP contribution in [0.3, 0.4) is 0 Å². The molecule has 3 heterocycles. The van der Waals surface area contributed by atoms with Crippen molar-refractivity contribution in [3.05, 3.63) is 62.7 Å². The van der Waals surface area contributed by atoms with Crippen LogP contribution in [0.25, 0.3) is 16.7 Å². The Hall–Kier alpha value is -3.40. The lowest BCUT2D eigenvalue weighted by atomic mass is 9.95. The van der Waals surface area contributed by atoms with Gasteiger partial charge in [0.1, 0.15) is 11.4 Å². The summed E-state index contributed by atoms with van der Waals surface area (Å²) in [6.07, 6.45) is 1.21. The zero-order chi connectivity index (χ0) is 20.2. The second kappa shape index (κ2) is 6.34. The van der Waals surface area contributed by atoms with Crippen LogP contribution in [-0.2, 0) is 13.0 Å². The zero-order valence-electron chi connectivity index (χ0n) is 14.2. The average molecular weight is 390 g/mol. The number of nitrogen functional groups attached to an aromatic ring is 1. The molecule has 0 spiro atoms. The Labute approximate surface area is 155 Å². The number of carbonyl (C=O) groups is 1. The van der Waals surface area contributed by atoms with Crippen LogP contribution in [0.5, 0.6) is 0 Å². The van der Waals surface area contributed by atoms with Gasteiger partial charge in [-0.3, -0.25) is 9.36 Å². The maximum absolute atomic E-state index is 14.5. The second-order valence-corrected chi connectivity index (χ2v) is 6.35. The normalized spacial score (nSPS) is 13.5. The van der Waals surface area contributed by atoms with E-state index in [4.69, 9.17) is 5.73 Å². The van der Waals surface area contributed by atoms with Crippen molar-refractivity contribution in [3.8, 4) is 5.82 Å². The van der Waals surface area contributed by atoms with Crippen LogP contribution in [0, 0.1) is 17.5 Å². The molecule has 0 saturated carbocycles. The van der Waals surface area contributed by atoms with Crippen LogP contribution in [0.15, 0.2) is 23.1 Å². The lowest BCUT2D eigenvalue weighted by Gasteiger charge is -2.23. The minimum atomic E-state index is -1.57. The molecule has 0 radical (unpaired) electrons. The van der Waals surface area contributed by atoms with Gasteiger partial charge in [0.2, 0.25) is 5.43 Å². The zero-order valence-corrected chi connectivity index (χ0v) is 14.2. The Kier molecular flexibility index (Phi) is 4.07. The molecule has 0 unspecified atom stereocenters. The number of fused-ring (bicyclic) bond motifs is 3. The molecular weight excluding hydrogens is 377 g/mol. The van der Waals surface area contributed by atoms with Gasteiger partial charge in [-0.05, 0) is 24.6 Å². The summed E-state index contributed by atoms with van der Waals surface area (Å²) in [7, 11) is 0. The molecule has 0 atom stereocenters. The molecule has 4 rings (SSSR count). The quantitative estimate of drug-likeness (QED) is 0.615. The fraction of sp³-hybridized carbons (Fsp3) is 0.167. The smallest absolute Gasteiger partial charge is 0.341 e. The van der Waals surface area contributed by atoms with Gasteiger partial charge in [-0.25, -0.2) is 22.9 Å². The third-order valence-electron chi connectivity index (χ3n) is 4.70. The molecule has 144 valence electrons. The number of hydrogen-bond donors (Lipinski definition) is 3. The van der Waals surface area contributed by atoms with Crippen LogP contribution in [0.4, 0.5) is 19.0 Å². The monoisotopic (exact) mass is 390 g/mol. The van der Waals surface area contributed by atoms with Crippen molar-refractivity contribution in [1.82, 2.24) is 14.9 Å². The van der Waals surface area contributed by atoms with E-state index in [9.17, 15) is 27.9 Å². The fourth-order valence-electron chi connectivity index (χ4n) is 3.42. The molecule has 1 aliphatic heterocycles. The van der Waals surface area contributed by atoms with Crippen LogP contribution in [-0.4, -0.2) is 27.2 Å². The van der Waals surface area contributed by atoms with Crippen LogP contribution in [0.2, 0.25) is 0 Å². The first kappa shape index (κ1) is 18.0. The first-order valence-corrected chi connectivity index (χ1v) is 8.25. The third kappa shape index (κ3) is 2.61. The van der Waals surface area contributed by atoms with Gasteiger partial charge in [-0.15, -0.1) is 0 Å². The number of carboxylic acids is 1.